The first-order valence-corrected chi connectivity index (χ1v) is 14.0. The molecule has 0 atom stereocenters. The highest BCUT2D eigenvalue weighted by atomic mass is 19.4. The van der Waals surface area contributed by atoms with Crippen LogP contribution in [-0.4, -0.2) is 29.7 Å². The number of alkyl halides is 7. The number of rotatable bonds is 2. The minimum atomic E-state index is -5.73. The van der Waals surface area contributed by atoms with Gasteiger partial charge in [-0.05, 0) is 17.2 Å². The lowest BCUT2D eigenvalue weighted by molar-refractivity contribution is -0.229. The van der Waals surface area contributed by atoms with E-state index in [0.717, 1.165) is 12.4 Å². The molecule has 0 aliphatic carbocycles. The summed E-state index contributed by atoms with van der Waals surface area (Å²) in [4.78, 5) is 17.3. The number of benzene rings is 3. The fourth-order valence-electron chi connectivity index (χ4n) is 5.84. The molecule has 1 aliphatic rings. The number of hydrogen-bond donors (Lipinski definition) is 0. The number of nitrogens with zero attached hydrogens (tertiary/aromatic N) is 6. The van der Waals surface area contributed by atoms with Crippen molar-refractivity contribution in [2.45, 2.75) is 23.4 Å². The van der Waals surface area contributed by atoms with Gasteiger partial charge in [0.25, 0.3) is 0 Å². The quantitative estimate of drug-likeness (QED) is 0.175. The zero-order chi connectivity index (χ0) is 34.1. The first-order valence-electron chi connectivity index (χ1n) is 14.0. The molecule has 3 aromatic heterocycles. The Morgan fingerprint density at radius 3 is 1.79 bits per heavy atom. The lowest BCUT2D eigenvalue weighted by atomic mass is 9.69. The minimum absolute atomic E-state index is 0.00165. The molecule has 242 valence electrons. The molecule has 4 heterocycles. The summed E-state index contributed by atoms with van der Waals surface area (Å²) in [6.45, 7) is 0. The van der Waals surface area contributed by atoms with Gasteiger partial charge in [-0.2, -0.15) is 35.8 Å². The van der Waals surface area contributed by atoms with E-state index in [2.05, 4.69) is 25.0 Å². The van der Waals surface area contributed by atoms with Crippen molar-refractivity contribution in [3.8, 4) is 17.1 Å². The van der Waals surface area contributed by atoms with Gasteiger partial charge >= 0.3 is 18.0 Å². The summed E-state index contributed by atoms with van der Waals surface area (Å²) in [7, 11) is 0. The van der Waals surface area contributed by atoms with E-state index in [1.165, 1.54) is 12.4 Å². The number of halogens is 9. The van der Waals surface area contributed by atoms with Crippen LogP contribution in [0, 0.1) is 11.6 Å². The molecule has 0 fully saturated rings. The molecular weight excluding hydrogens is 651 g/mol. The van der Waals surface area contributed by atoms with E-state index < -0.39 is 69.0 Å². The van der Waals surface area contributed by atoms with Crippen LogP contribution >= 0.6 is 0 Å². The van der Waals surface area contributed by atoms with Crippen molar-refractivity contribution >= 4 is 0 Å². The second-order valence-corrected chi connectivity index (χ2v) is 10.8. The fourth-order valence-corrected chi connectivity index (χ4v) is 5.84. The Hall–Kier alpha value is -5.60. The maximum atomic E-state index is 15.8. The molecule has 0 saturated carbocycles. The Kier molecular flexibility index (Phi) is 6.93. The van der Waals surface area contributed by atoms with Crippen LogP contribution in [0.4, 0.5) is 39.5 Å². The molecule has 48 heavy (non-hydrogen) atoms. The van der Waals surface area contributed by atoms with Crippen molar-refractivity contribution in [1.29, 1.82) is 0 Å². The van der Waals surface area contributed by atoms with Gasteiger partial charge in [0.15, 0.2) is 11.5 Å². The summed E-state index contributed by atoms with van der Waals surface area (Å²) in [5.74, 6) is -15.6. The molecule has 0 saturated heterocycles. The SMILES string of the molecule is Fc1cc(F)c2cc1-c1cncc(n1)C(c1ccccc1)(c1ccccc1)c1cncc(n1)-n1cc(c(C(F)(F)F)n1)C(F)(F)C2(F)F. The molecule has 6 nitrogen and oxygen atoms in total. The average Bonchev–Trinajstić information content (AvgIpc) is 3.54. The molecule has 7 rings (SSSR count). The summed E-state index contributed by atoms with van der Waals surface area (Å²) in [6, 6.07) is 16.9. The molecule has 0 radical (unpaired) electrons. The molecular formula is C33H17F9N6. The van der Waals surface area contributed by atoms with E-state index in [4.69, 9.17) is 0 Å². The number of aromatic nitrogens is 6. The van der Waals surface area contributed by atoms with Gasteiger partial charge in [0, 0.05) is 17.8 Å². The Morgan fingerprint density at radius 2 is 1.19 bits per heavy atom. The van der Waals surface area contributed by atoms with Crippen molar-refractivity contribution in [2.75, 3.05) is 0 Å². The van der Waals surface area contributed by atoms with Gasteiger partial charge in [-0.3, -0.25) is 9.97 Å². The predicted molar refractivity (Wildman–Crippen MR) is 151 cm³/mol. The van der Waals surface area contributed by atoms with Crippen LogP contribution in [0.1, 0.15) is 39.3 Å². The van der Waals surface area contributed by atoms with E-state index in [-0.39, 0.29) is 34.4 Å². The van der Waals surface area contributed by atoms with Crippen molar-refractivity contribution in [3.05, 3.63) is 155 Å². The van der Waals surface area contributed by atoms with Gasteiger partial charge in [-0.15, -0.1) is 0 Å². The third-order valence-electron chi connectivity index (χ3n) is 8.06. The number of fused-ring (bicyclic) bond motifs is 10. The topological polar surface area (TPSA) is 69.4 Å². The van der Waals surface area contributed by atoms with Crippen LogP contribution in [0.25, 0.3) is 17.1 Å². The number of hydrogen-bond acceptors (Lipinski definition) is 5. The Morgan fingerprint density at radius 1 is 0.625 bits per heavy atom. The van der Waals surface area contributed by atoms with E-state index >= 15 is 26.3 Å². The van der Waals surface area contributed by atoms with Crippen molar-refractivity contribution in [1.82, 2.24) is 29.7 Å². The van der Waals surface area contributed by atoms with Crippen LogP contribution in [0.3, 0.4) is 0 Å². The Balaban J connectivity index is 1.68. The van der Waals surface area contributed by atoms with Crippen LogP contribution < -0.4 is 0 Å². The highest BCUT2D eigenvalue weighted by molar-refractivity contribution is 5.63. The molecule has 0 N–H and O–H groups in total. The van der Waals surface area contributed by atoms with Crippen LogP contribution in [-0.2, 0) is 23.4 Å². The third kappa shape index (κ3) is 4.55. The van der Waals surface area contributed by atoms with Gasteiger partial charge in [0.2, 0.25) is 0 Å². The van der Waals surface area contributed by atoms with Crippen LogP contribution in [0.5, 0.6) is 0 Å². The molecule has 8 bridgehead atoms. The molecule has 1 aliphatic heterocycles. The average molecular weight is 669 g/mol. The van der Waals surface area contributed by atoms with Gasteiger partial charge in [-0.25, -0.2) is 23.4 Å². The molecule has 0 spiro atoms. The third-order valence-corrected chi connectivity index (χ3v) is 8.06. The summed E-state index contributed by atoms with van der Waals surface area (Å²) in [6.07, 6.45) is -1.26. The first-order chi connectivity index (χ1) is 22.8. The van der Waals surface area contributed by atoms with E-state index in [9.17, 15) is 13.2 Å². The minimum Gasteiger partial charge on any atom is -0.260 e. The van der Waals surface area contributed by atoms with E-state index in [0.29, 0.717) is 11.1 Å². The Labute approximate surface area is 264 Å². The summed E-state index contributed by atoms with van der Waals surface area (Å²) >= 11 is 0. The van der Waals surface area contributed by atoms with Crippen molar-refractivity contribution in [3.63, 3.8) is 0 Å². The molecule has 3 aromatic carbocycles. The van der Waals surface area contributed by atoms with Crippen molar-refractivity contribution in [2.24, 2.45) is 0 Å². The van der Waals surface area contributed by atoms with Gasteiger partial charge in [-0.1, -0.05) is 60.7 Å². The lowest BCUT2D eigenvalue weighted by Gasteiger charge is -2.34. The highest BCUT2D eigenvalue weighted by Crippen LogP contribution is 2.54. The molecule has 15 heteroatoms. The second-order valence-electron chi connectivity index (χ2n) is 10.8. The van der Waals surface area contributed by atoms with Gasteiger partial charge in [0.1, 0.15) is 17.0 Å². The zero-order valence-corrected chi connectivity index (χ0v) is 23.9. The highest BCUT2D eigenvalue weighted by Gasteiger charge is 2.63. The first kappa shape index (κ1) is 31.0. The lowest BCUT2D eigenvalue weighted by Crippen LogP contribution is -2.37. The molecule has 6 aromatic rings. The standard InChI is InChI=1S/C33H17F9N6/c34-23-12-24(35)21-11-20(23)25-13-43-14-26(45-25)30(18-7-3-1-4-8-18,19-9-5-2-6-10-19)27-15-44-16-28(46-27)48-17-22(29(47-48)33(40,41)42)32(38,39)31(21,36)37/h1-17H. The van der Waals surface area contributed by atoms with Crippen LogP contribution in [0.2, 0.25) is 0 Å². The van der Waals surface area contributed by atoms with Crippen LogP contribution in [0.15, 0.2) is 104 Å². The summed E-state index contributed by atoms with van der Waals surface area (Å²) in [5.41, 5.74) is -8.82. The zero-order valence-electron chi connectivity index (χ0n) is 23.9. The van der Waals surface area contributed by atoms with Gasteiger partial charge in [0.05, 0.1) is 53.0 Å². The largest absolute Gasteiger partial charge is 0.435 e. The molecule has 0 unspecified atom stereocenters. The normalized spacial score (nSPS) is 16.1. The predicted octanol–water partition coefficient (Wildman–Crippen LogP) is 8.00. The van der Waals surface area contributed by atoms with Gasteiger partial charge < -0.3 is 0 Å². The summed E-state index contributed by atoms with van der Waals surface area (Å²) in [5, 5.41) is 3.21. The summed E-state index contributed by atoms with van der Waals surface area (Å²) < 4.78 is 136. The van der Waals surface area contributed by atoms with E-state index in [1.807, 2.05) is 0 Å². The second kappa shape index (κ2) is 10.7. The smallest absolute Gasteiger partial charge is 0.260 e. The Bertz CT molecular complexity index is 2130. The monoisotopic (exact) mass is 668 g/mol. The van der Waals surface area contributed by atoms with Crippen molar-refractivity contribution < 1.29 is 39.5 Å². The van der Waals surface area contributed by atoms with E-state index in [1.54, 1.807) is 60.7 Å². The maximum Gasteiger partial charge on any atom is 0.435 e. The fraction of sp³-hybridized carbons (Fsp3) is 0.121. The molecule has 0 amide bonds. The maximum absolute atomic E-state index is 15.8.